The second-order valence-corrected chi connectivity index (χ2v) is 7.97. The number of nitrogens with one attached hydrogen (secondary N) is 1. The summed E-state index contributed by atoms with van der Waals surface area (Å²) >= 11 is 0. The van der Waals surface area contributed by atoms with Gasteiger partial charge in [0, 0.05) is 44.5 Å². The summed E-state index contributed by atoms with van der Waals surface area (Å²) in [6, 6.07) is 20.8. The number of rotatable bonds is 6. The molecule has 6 nitrogen and oxygen atoms in total. The lowest BCUT2D eigenvalue weighted by atomic mass is 10.0. The highest BCUT2D eigenvalue weighted by Crippen LogP contribution is 2.15. The van der Waals surface area contributed by atoms with Crippen molar-refractivity contribution in [2.24, 2.45) is 0 Å². The molecule has 0 unspecified atom stereocenters. The molecule has 4 rings (SSSR count). The Balaban J connectivity index is 1.23. The molecule has 3 aromatic rings. The molecule has 1 saturated heterocycles. The molecule has 6 heteroatoms. The fourth-order valence-corrected chi connectivity index (χ4v) is 3.87. The molecule has 0 saturated carbocycles. The minimum Gasteiger partial charge on any atom is -0.335 e. The third-order valence-electron chi connectivity index (χ3n) is 5.59. The van der Waals surface area contributed by atoms with Crippen LogP contribution in [0, 0.1) is 0 Å². The lowest BCUT2D eigenvalue weighted by molar-refractivity contribution is 0.173. The van der Waals surface area contributed by atoms with E-state index in [9.17, 15) is 4.79 Å². The molecular formula is C24H29N5O. The Labute approximate surface area is 178 Å². The lowest BCUT2D eigenvalue weighted by Gasteiger charge is -2.33. The van der Waals surface area contributed by atoms with E-state index in [2.05, 4.69) is 45.6 Å². The Morgan fingerprint density at radius 2 is 1.70 bits per heavy atom. The third-order valence-corrected chi connectivity index (χ3v) is 5.59. The molecule has 2 aromatic carbocycles. The van der Waals surface area contributed by atoms with Crippen LogP contribution in [0.1, 0.15) is 24.0 Å². The molecule has 1 aliphatic heterocycles. The smallest absolute Gasteiger partial charge is 0.317 e. The molecule has 0 aliphatic carbocycles. The molecule has 30 heavy (non-hydrogen) atoms. The number of likely N-dealkylation sites (tertiary alicyclic amines) is 1. The minimum absolute atomic E-state index is 0.0241. The summed E-state index contributed by atoms with van der Waals surface area (Å²) in [6.45, 7) is 3.53. The molecule has 1 aliphatic rings. The van der Waals surface area contributed by atoms with Gasteiger partial charge in [-0.05, 0) is 30.5 Å². The maximum absolute atomic E-state index is 12.6. The van der Waals surface area contributed by atoms with E-state index in [0.717, 1.165) is 43.7 Å². The molecule has 2 amide bonds. The quantitative estimate of drug-likeness (QED) is 0.683. The summed E-state index contributed by atoms with van der Waals surface area (Å²) in [4.78, 5) is 16.8. The average Bonchev–Trinajstić information content (AvgIpc) is 3.25. The summed E-state index contributed by atoms with van der Waals surface area (Å²) in [7, 11) is 1.83. The molecule has 156 valence electrons. The first-order valence-corrected chi connectivity index (χ1v) is 10.5. The van der Waals surface area contributed by atoms with Crippen molar-refractivity contribution in [1.82, 2.24) is 24.9 Å². The number of piperidine rings is 1. The second-order valence-electron chi connectivity index (χ2n) is 7.97. The molecule has 1 fully saturated rings. The fraction of sp³-hybridized carbons (Fsp3) is 0.333. The van der Waals surface area contributed by atoms with Crippen LogP contribution >= 0.6 is 0 Å². The van der Waals surface area contributed by atoms with Crippen LogP contribution in [-0.4, -0.2) is 51.8 Å². The van der Waals surface area contributed by atoms with Crippen LogP contribution < -0.4 is 5.32 Å². The van der Waals surface area contributed by atoms with Gasteiger partial charge in [0.15, 0.2) is 0 Å². The lowest BCUT2D eigenvalue weighted by Crippen LogP contribution is -2.47. The van der Waals surface area contributed by atoms with Crippen molar-refractivity contribution < 1.29 is 4.79 Å². The van der Waals surface area contributed by atoms with Gasteiger partial charge in [0.2, 0.25) is 0 Å². The number of amides is 2. The van der Waals surface area contributed by atoms with Crippen LogP contribution in [0.3, 0.4) is 0 Å². The van der Waals surface area contributed by atoms with E-state index >= 15 is 0 Å². The van der Waals surface area contributed by atoms with E-state index in [1.807, 2.05) is 54.5 Å². The molecule has 2 heterocycles. The highest BCUT2D eigenvalue weighted by Gasteiger charge is 2.22. The summed E-state index contributed by atoms with van der Waals surface area (Å²) in [5.41, 5.74) is 3.36. The Kier molecular flexibility index (Phi) is 6.44. The topological polar surface area (TPSA) is 53.4 Å². The van der Waals surface area contributed by atoms with Gasteiger partial charge in [-0.1, -0.05) is 48.5 Å². The number of nitrogens with zero attached hydrogens (tertiary/aromatic N) is 4. The Hall–Kier alpha value is -3.12. The summed E-state index contributed by atoms with van der Waals surface area (Å²) in [5, 5.41) is 7.60. The summed E-state index contributed by atoms with van der Waals surface area (Å²) < 4.78 is 1.84. The first-order valence-electron chi connectivity index (χ1n) is 10.5. The maximum Gasteiger partial charge on any atom is 0.317 e. The molecular weight excluding hydrogens is 374 g/mol. The van der Waals surface area contributed by atoms with Crippen LogP contribution in [0.4, 0.5) is 4.79 Å². The van der Waals surface area contributed by atoms with E-state index in [1.54, 1.807) is 4.90 Å². The van der Waals surface area contributed by atoms with Crippen LogP contribution in [-0.2, 0) is 13.1 Å². The summed E-state index contributed by atoms with van der Waals surface area (Å²) in [6.07, 6.45) is 5.76. The Morgan fingerprint density at radius 1 is 1.03 bits per heavy atom. The molecule has 1 N–H and O–H groups in total. The highest BCUT2D eigenvalue weighted by molar-refractivity contribution is 5.74. The van der Waals surface area contributed by atoms with Crippen LogP contribution in [0.5, 0.6) is 0 Å². The van der Waals surface area contributed by atoms with Crippen molar-refractivity contribution in [2.45, 2.75) is 32.0 Å². The zero-order chi connectivity index (χ0) is 20.8. The number of carbonyl (C=O) groups is 1. The van der Waals surface area contributed by atoms with Gasteiger partial charge in [-0.15, -0.1) is 0 Å². The number of carbonyl (C=O) groups excluding carboxylic acids is 1. The van der Waals surface area contributed by atoms with Gasteiger partial charge in [0.05, 0.1) is 18.4 Å². The normalized spacial score (nSPS) is 15.1. The number of urea groups is 1. The largest absolute Gasteiger partial charge is 0.335 e. The van der Waals surface area contributed by atoms with Crippen molar-refractivity contribution in [2.75, 3.05) is 20.1 Å². The Morgan fingerprint density at radius 3 is 2.40 bits per heavy atom. The highest BCUT2D eigenvalue weighted by atomic mass is 16.2. The fourth-order valence-electron chi connectivity index (χ4n) is 3.87. The molecule has 0 radical (unpaired) electrons. The van der Waals surface area contributed by atoms with Crippen LogP contribution in [0.25, 0.3) is 5.69 Å². The van der Waals surface area contributed by atoms with E-state index in [4.69, 9.17) is 0 Å². The molecule has 0 bridgehead atoms. The van der Waals surface area contributed by atoms with Gasteiger partial charge in [-0.2, -0.15) is 5.10 Å². The first-order chi connectivity index (χ1) is 14.7. The third kappa shape index (κ3) is 5.27. The van der Waals surface area contributed by atoms with Gasteiger partial charge in [-0.3, -0.25) is 4.90 Å². The van der Waals surface area contributed by atoms with Gasteiger partial charge in [0.25, 0.3) is 0 Å². The SMILES string of the molecule is CN(Cc1cnn(-c2ccccc2)c1)C(=O)NC1CCN(Cc2ccccc2)CC1. The number of hydrogen-bond acceptors (Lipinski definition) is 3. The predicted molar refractivity (Wildman–Crippen MR) is 118 cm³/mol. The van der Waals surface area contributed by atoms with E-state index < -0.39 is 0 Å². The predicted octanol–water partition coefficient (Wildman–Crippen LogP) is 3.68. The molecule has 1 aromatic heterocycles. The first kappa shape index (κ1) is 20.2. The van der Waals surface area contributed by atoms with Crippen molar-refractivity contribution >= 4 is 6.03 Å². The van der Waals surface area contributed by atoms with Gasteiger partial charge in [0.1, 0.15) is 0 Å². The summed E-state index contributed by atoms with van der Waals surface area (Å²) in [5.74, 6) is 0. The van der Waals surface area contributed by atoms with Crippen LogP contribution in [0.15, 0.2) is 73.1 Å². The van der Waals surface area contributed by atoms with Crippen molar-refractivity contribution in [3.8, 4) is 5.69 Å². The molecule has 0 spiro atoms. The van der Waals surface area contributed by atoms with Gasteiger partial charge >= 0.3 is 6.03 Å². The average molecular weight is 404 g/mol. The van der Waals surface area contributed by atoms with Crippen molar-refractivity contribution in [1.29, 1.82) is 0 Å². The number of aromatic nitrogens is 2. The Bertz CT molecular complexity index is 932. The maximum atomic E-state index is 12.6. The van der Waals surface area contributed by atoms with Crippen molar-refractivity contribution in [3.05, 3.63) is 84.2 Å². The van der Waals surface area contributed by atoms with Gasteiger partial charge in [-0.25, -0.2) is 9.48 Å². The zero-order valence-corrected chi connectivity index (χ0v) is 17.4. The van der Waals surface area contributed by atoms with Crippen LogP contribution in [0.2, 0.25) is 0 Å². The number of benzene rings is 2. The van der Waals surface area contributed by atoms with Crippen molar-refractivity contribution in [3.63, 3.8) is 0 Å². The number of para-hydroxylation sites is 1. The van der Waals surface area contributed by atoms with E-state index in [0.29, 0.717) is 6.54 Å². The van der Waals surface area contributed by atoms with E-state index in [1.165, 1.54) is 5.56 Å². The number of hydrogen-bond donors (Lipinski definition) is 1. The van der Waals surface area contributed by atoms with E-state index in [-0.39, 0.29) is 12.1 Å². The monoisotopic (exact) mass is 403 g/mol. The second kappa shape index (κ2) is 9.59. The standard InChI is InChI=1S/C24H29N5O/c1-27(17-21-16-25-29(19-21)23-10-6-3-7-11-23)24(30)26-22-12-14-28(15-13-22)18-20-8-4-2-5-9-20/h2-11,16,19,22H,12-15,17-18H2,1H3,(H,26,30). The zero-order valence-electron chi connectivity index (χ0n) is 17.4. The van der Waals surface area contributed by atoms with Gasteiger partial charge < -0.3 is 10.2 Å². The minimum atomic E-state index is -0.0241. The molecule has 0 atom stereocenters.